The first kappa shape index (κ1) is 44.1. The number of pyridine rings is 2. The van der Waals surface area contributed by atoms with Crippen LogP contribution in [0.25, 0.3) is 66.7 Å². The first-order chi connectivity index (χ1) is 34.1. The Morgan fingerprint density at radius 2 is 1.10 bits per heavy atom. The molecule has 0 saturated heterocycles. The molecule has 0 spiro atoms. The number of aryl methyl sites for hydroxylation is 2. The molecule has 3 nitrogen and oxygen atoms in total. The van der Waals surface area contributed by atoms with Gasteiger partial charge in [0.25, 0.3) is 0 Å². The molecule has 0 fully saturated rings. The molecule has 3 aromatic heterocycles. The fourth-order valence-corrected chi connectivity index (χ4v) is 9.10. The summed E-state index contributed by atoms with van der Waals surface area (Å²) in [6, 6.07) is 37.2. The molecule has 0 unspecified atom stereocenters. The maximum absolute atomic E-state index is 8.38. The number of fused-ring (bicyclic) bond motifs is 3. The van der Waals surface area contributed by atoms with Gasteiger partial charge >= 0.3 is 0 Å². The van der Waals surface area contributed by atoms with E-state index >= 15 is 0 Å². The second-order valence-corrected chi connectivity index (χ2v) is 21.2. The number of rotatable bonds is 10. The normalized spacial score (nSPS) is 13.7. The fraction of sp³-hybridized carbons (Fsp3) is 0.375. The quantitative estimate of drug-likeness (QED) is 0.128. The van der Waals surface area contributed by atoms with Crippen LogP contribution in [0.3, 0.4) is 0 Å². The van der Waals surface area contributed by atoms with Crippen molar-refractivity contribution in [3.63, 3.8) is 0 Å². The summed E-state index contributed by atoms with van der Waals surface area (Å²) in [6.45, 7) is 28.2. The Morgan fingerprint density at radius 1 is 0.559 bits per heavy atom. The van der Waals surface area contributed by atoms with Crippen molar-refractivity contribution in [2.75, 3.05) is 0 Å². The molecule has 5 aromatic carbocycles. The van der Waals surface area contributed by atoms with Crippen LogP contribution in [-0.4, -0.2) is 9.97 Å². The summed E-state index contributed by atoms with van der Waals surface area (Å²) in [5, 5.41) is 2.02. The van der Waals surface area contributed by atoms with Crippen LogP contribution in [-0.2, 0) is 25.5 Å². The van der Waals surface area contributed by atoms with Gasteiger partial charge < -0.3 is 14.4 Å². The molecule has 0 N–H and O–H groups in total. The monoisotopic (exact) mass is 1090 g/mol. The summed E-state index contributed by atoms with van der Waals surface area (Å²) < 4.78 is 56.3. The SMILES string of the molecule is [2H]C([2H])([2H])c1c[c-]c(-c2cc(C(C)(C)C)ccn2)cc1-c1c(C(C)C)cc(C(C)C)cc1C(C)C.[2H]C([2H])([2H])c1cnc(-c2[c-]ccc3c2oc2ccccc23)cc1-c1c(C(C)C)cc(C(C)C)cc1C(C)C.[Ir]. The Hall–Kier alpha value is -5.15. The molecule has 0 aliphatic rings. The van der Waals surface area contributed by atoms with Gasteiger partial charge in [-0.2, -0.15) is 0 Å². The summed E-state index contributed by atoms with van der Waals surface area (Å²) >= 11 is 0. The van der Waals surface area contributed by atoms with Gasteiger partial charge in [-0.3, -0.25) is 0 Å². The number of nitrogens with zero attached hydrogens (tertiary/aromatic N) is 2. The predicted molar refractivity (Wildman–Crippen MR) is 288 cm³/mol. The van der Waals surface area contributed by atoms with Crippen molar-refractivity contribution in [3.05, 3.63) is 166 Å². The Kier molecular flexibility index (Phi) is 13.8. The molecule has 0 bridgehead atoms. The minimum atomic E-state index is -2.31. The summed E-state index contributed by atoms with van der Waals surface area (Å²) in [5.41, 5.74) is 17.1. The number of aromatic nitrogens is 2. The van der Waals surface area contributed by atoms with E-state index in [4.69, 9.17) is 12.6 Å². The van der Waals surface area contributed by atoms with Crippen LogP contribution in [0.4, 0.5) is 0 Å². The van der Waals surface area contributed by atoms with Gasteiger partial charge in [-0.1, -0.05) is 182 Å². The van der Waals surface area contributed by atoms with E-state index in [0.717, 1.165) is 61.0 Å². The topological polar surface area (TPSA) is 38.9 Å². The van der Waals surface area contributed by atoms with E-state index in [-0.39, 0.29) is 54.8 Å². The van der Waals surface area contributed by atoms with E-state index in [1.807, 2.05) is 60.8 Å². The average Bonchev–Trinajstić information content (AvgIpc) is 3.71. The van der Waals surface area contributed by atoms with Crippen molar-refractivity contribution >= 4 is 21.9 Å². The van der Waals surface area contributed by atoms with E-state index in [0.29, 0.717) is 34.2 Å². The van der Waals surface area contributed by atoms with E-state index < -0.39 is 13.7 Å². The zero-order valence-electron chi connectivity index (χ0n) is 48.9. The molecule has 0 aliphatic carbocycles. The maximum atomic E-state index is 8.38. The average molecular weight is 1090 g/mol. The van der Waals surface area contributed by atoms with Crippen LogP contribution in [0.1, 0.15) is 198 Å². The largest absolute Gasteiger partial charge is 0.501 e. The molecule has 4 heteroatoms. The minimum Gasteiger partial charge on any atom is -0.501 e. The van der Waals surface area contributed by atoms with Crippen LogP contribution in [0, 0.1) is 25.8 Å². The smallest absolute Gasteiger partial charge is 0.120 e. The van der Waals surface area contributed by atoms with Crippen molar-refractivity contribution < 1.29 is 32.7 Å². The number of benzene rings is 5. The van der Waals surface area contributed by atoms with Crippen molar-refractivity contribution in [3.8, 4) is 44.8 Å². The van der Waals surface area contributed by atoms with Crippen molar-refractivity contribution in [2.24, 2.45) is 0 Å². The van der Waals surface area contributed by atoms with E-state index in [9.17, 15) is 0 Å². The second kappa shape index (κ2) is 21.2. The van der Waals surface area contributed by atoms with Gasteiger partial charge in [0.05, 0.1) is 5.58 Å². The molecule has 0 aliphatic heterocycles. The molecule has 1 radical (unpaired) electrons. The van der Waals surface area contributed by atoms with Crippen LogP contribution in [0.2, 0.25) is 0 Å². The summed E-state index contributed by atoms with van der Waals surface area (Å²) in [4.78, 5) is 9.30. The molecular formula is C64H74IrN2O-2. The summed E-state index contributed by atoms with van der Waals surface area (Å²) in [7, 11) is 0. The van der Waals surface area contributed by atoms with Gasteiger partial charge in [-0.25, -0.2) is 0 Å². The standard InChI is InChI=1S/C33H34NO.C31H40N.Ir/c1-19(2)23-15-27(20(3)4)32(28(16-23)21(5)6)29-17-30(34-18-22(29)7)26-13-10-12-25-24-11-8-9-14-31(24)35-33(25)26;1-19(2)24-16-26(20(3)4)30(27(17-24)21(5)6)28-15-23(12-11-22(28)7)29-18-25(13-14-32-29)31(8,9)10;/h8-12,14-21H,1-7H3;11,13-21H,1-10H3;/q2*-1;/i2*7D3;. The van der Waals surface area contributed by atoms with Gasteiger partial charge in [-0.15, -0.1) is 47.5 Å². The number of para-hydroxylation sites is 1. The molecule has 3 heterocycles. The van der Waals surface area contributed by atoms with Crippen molar-refractivity contribution in [1.82, 2.24) is 9.97 Å². The third-order valence-electron chi connectivity index (χ3n) is 13.2. The Balaban J connectivity index is 0.000000239. The van der Waals surface area contributed by atoms with Gasteiger partial charge in [0.1, 0.15) is 5.58 Å². The zero-order valence-corrected chi connectivity index (χ0v) is 45.3. The maximum Gasteiger partial charge on any atom is 0.120 e. The molecule has 0 atom stereocenters. The van der Waals surface area contributed by atoms with E-state index in [2.05, 4.69) is 156 Å². The Labute approximate surface area is 431 Å². The van der Waals surface area contributed by atoms with Crippen LogP contribution >= 0.6 is 0 Å². The molecule has 0 saturated carbocycles. The first-order valence-electron chi connectivity index (χ1n) is 27.3. The summed E-state index contributed by atoms with van der Waals surface area (Å²) in [5.74, 6) is 1.70. The number of hydrogen-bond donors (Lipinski definition) is 0. The molecule has 0 amide bonds. The van der Waals surface area contributed by atoms with Crippen LogP contribution < -0.4 is 0 Å². The molecule has 68 heavy (non-hydrogen) atoms. The minimum absolute atomic E-state index is 0. The van der Waals surface area contributed by atoms with Crippen LogP contribution in [0.5, 0.6) is 0 Å². The van der Waals surface area contributed by atoms with Gasteiger partial charge in [0.15, 0.2) is 0 Å². The van der Waals surface area contributed by atoms with E-state index in [1.54, 1.807) is 6.07 Å². The van der Waals surface area contributed by atoms with E-state index in [1.165, 1.54) is 34.0 Å². The number of hydrogen-bond acceptors (Lipinski definition) is 3. The van der Waals surface area contributed by atoms with Gasteiger partial charge in [-0.05, 0) is 132 Å². The molecule has 357 valence electrons. The zero-order chi connectivity index (χ0) is 53.6. The van der Waals surface area contributed by atoms with Crippen LogP contribution in [0.15, 0.2) is 108 Å². The first-order valence-corrected chi connectivity index (χ1v) is 24.3. The molecular weight excluding hydrogens is 1000 g/mol. The molecule has 8 rings (SSSR count). The Morgan fingerprint density at radius 3 is 1.62 bits per heavy atom. The van der Waals surface area contributed by atoms with Gasteiger partial charge in [0, 0.05) is 46.1 Å². The Bertz CT molecular complexity index is 3220. The predicted octanol–water partition coefficient (Wildman–Crippen LogP) is 19.0. The fourth-order valence-electron chi connectivity index (χ4n) is 9.10. The van der Waals surface area contributed by atoms with Crippen molar-refractivity contribution in [2.45, 2.75) is 158 Å². The number of furan rings is 1. The molecule has 8 aromatic rings. The summed E-state index contributed by atoms with van der Waals surface area (Å²) in [6.07, 6.45) is 3.36. The van der Waals surface area contributed by atoms with Crippen molar-refractivity contribution in [1.29, 1.82) is 0 Å². The third-order valence-corrected chi connectivity index (χ3v) is 13.2. The van der Waals surface area contributed by atoms with Gasteiger partial charge in [0.2, 0.25) is 0 Å². The second-order valence-electron chi connectivity index (χ2n) is 21.2. The third kappa shape index (κ3) is 10.8.